The minimum atomic E-state index is -1.56. The topological polar surface area (TPSA) is 140 Å². The molecular formula is C14H20O8. The Bertz CT molecular complexity index is 462. The number of ether oxygens (including phenoxy) is 2. The van der Waals surface area contributed by atoms with Gasteiger partial charge in [-0.2, -0.15) is 0 Å². The van der Waals surface area contributed by atoms with Gasteiger partial charge in [0, 0.05) is 6.42 Å². The highest BCUT2D eigenvalue weighted by molar-refractivity contribution is 5.26. The van der Waals surface area contributed by atoms with Crippen LogP contribution in [0.15, 0.2) is 24.3 Å². The van der Waals surface area contributed by atoms with Crippen LogP contribution in [0, 0.1) is 0 Å². The van der Waals surface area contributed by atoms with E-state index in [-0.39, 0.29) is 12.2 Å². The van der Waals surface area contributed by atoms with Crippen molar-refractivity contribution in [3.8, 4) is 5.75 Å². The Labute approximate surface area is 126 Å². The summed E-state index contributed by atoms with van der Waals surface area (Å²) in [6.07, 6.45) is -8.36. The fourth-order valence-corrected chi connectivity index (χ4v) is 2.22. The zero-order chi connectivity index (χ0) is 16.3. The van der Waals surface area contributed by atoms with Crippen molar-refractivity contribution in [3.05, 3.63) is 29.8 Å². The first-order valence-electron chi connectivity index (χ1n) is 6.84. The highest BCUT2D eigenvalue weighted by Crippen LogP contribution is 2.23. The number of aromatic hydroxyl groups is 1. The standard InChI is InChI=1S/C14H20O8/c15-6-9-11(18)12(19)13(20)14(21-9)22-10(17)5-7-1-3-8(16)4-2-7/h1-4,9-20H,5-6H2/t9-,10?,11-,12+,13-,14+/m1/s1. The molecule has 0 saturated carbocycles. The van der Waals surface area contributed by atoms with Crippen molar-refractivity contribution in [2.45, 2.75) is 43.4 Å². The summed E-state index contributed by atoms with van der Waals surface area (Å²) >= 11 is 0. The Morgan fingerprint density at radius 1 is 1.05 bits per heavy atom. The van der Waals surface area contributed by atoms with Gasteiger partial charge in [-0.25, -0.2) is 0 Å². The number of aliphatic hydroxyl groups excluding tert-OH is 5. The molecule has 1 saturated heterocycles. The minimum absolute atomic E-state index is 0.0648. The molecule has 1 aliphatic rings. The highest BCUT2D eigenvalue weighted by atomic mass is 16.7. The van der Waals surface area contributed by atoms with Crippen molar-refractivity contribution in [1.29, 1.82) is 0 Å². The largest absolute Gasteiger partial charge is 0.508 e. The summed E-state index contributed by atoms with van der Waals surface area (Å²) in [6.45, 7) is -0.571. The molecule has 0 bridgehead atoms. The maximum atomic E-state index is 9.87. The van der Waals surface area contributed by atoms with Crippen LogP contribution in [0.5, 0.6) is 5.75 Å². The van der Waals surface area contributed by atoms with E-state index >= 15 is 0 Å². The van der Waals surface area contributed by atoms with E-state index in [1.54, 1.807) is 12.1 Å². The zero-order valence-corrected chi connectivity index (χ0v) is 11.7. The molecule has 0 spiro atoms. The van der Waals surface area contributed by atoms with Gasteiger partial charge in [-0.05, 0) is 17.7 Å². The molecule has 0 amide bonds. The third-order valence-electron chi connectivity index (χ3n) is 3.49. The first-order chi connectivity index (χ1) is 10.4. The van der Waals surface area contributed by atoms with Crippen molar-refractivity contribution in [2.24, 2.45) is 0 Å². The average Bonchev–Trinajstić information content (AvgIpc) is 2.50. The van der Waals surface area contributed by atoms with Crippen LogP contribution in [0.4, 0.5) is 0 Å². The quantitative estimate of drug-likeness (QED) is 0.345. The van der Waals surface area contributed by atoms with E-state index in [0.717, 1.165) is 0 Å². The second kappa shape index (κ2) is 7.34. The van der Waals surface area contributed by atoms with Gasteiger partial charge in [-0.3, -0.25) is 0 Å². The summed E-state index contributed by atoms with van der Waals surface area (Å²) in [6, 6.07) is 6.09. The second-order valence-corrected chi connectivity index (χ2v) is 5.16. The predicted octanol–water partition coefficient (Wildman–Crippen LogP) is -1.93. The summed E-state index contributed by atoms with van der Waals surface area (Å²) in [5, 5.41) is 57.1. The molecule has 0 radical (unpaired) electrons. The van der Waals surface area contributed by atoms with E-state index < -0.39 is 43.6 Å². The van der Waals surface area contributed by atoms with Gasteiger partial charge in [0.15, 0.2) is 12.6 Å². The number of aliphatic hydroxyl groups is 5. The fourth-order valence-electron chi connectivity index (χ4n) is 2.22. The van der Waals surface area contributed by atoms with Crippen molar-refractivity contribution < 1.29 is 40.1 Å². The Kier molecular flexibility index (Phi) is 5.70. The van der Waals surface area contributed by atoms with Gasteiger partial charge in [-0.15, -0.1) is 0 Å². The molecule has 22 heavy (non-hydrogen) atoms. The van der Waals surface area contributed by atoms with Crippen molar-refractivity contribution in [1.82, 2.24) is 0 Å². The van der Waals surface area contributed by atoms with E-state index in [0.29, 0.717) is 5.56 Å². The first-order valence-corrected chi connectivity index (χ1v) is 6.84. The van der Waals surface area contributed by atoms with Crippen molar-refractivity contribution in [2.75, 3.05) is 6.61 Å². The maximum absolute atomic E-state index is 9.87. The van der Waals surface area contributed by atoms with E-state index in [2.05, 4.69) is 0 Å². The number of hydrogen-bond donors (Lipinski definition) is 6. The predicted molar refractivity (Wildman–Crippen MR) is 72.7 cm³/mol. The third-order valence-corrected chi connectivity index (χ3v) is 3.49. The number of benzene rings is 1. The summed E-state index contributed by atoms with van der Waals surface area (Å²) in [7, 11) is 0. The molecule has 124 valence electrons. The summed E-state index contributed by atoms with van der Waals surface area (Å²) in [5.41, 5.74) is 0.676. The summed E-state index contributed by atoms with van der Waals surface area (Å²) < 4.78 is 10.3. The van der Waals surface area contributed by atoms with E-state index in [9.17, 15) is 25.5 Å². The van der Waals surface area contributed by atoms with Crippen LogP contribution in [0.3, 0.4) is 0 Å². The van der Waals surface area contributed by atoms with E-state index in [1.165, 1.54) is 12.1 Å². The Morgan fingerprint density at radius 2 is 1.68 bits per heavy atom. The number of hydrogen-bond acceptors (Lipinski definition) is 8. The normalized spacial score (nSPS) is 33.6. The third kappa shape index (κ3) is 3.93. The fraction of sp³-hybridized carbons (Fsp3) is 0.571. The van der Waals surface area contributed by atoms with Gasteiger partial charge in [0.2, 0.25) is 0 Å². The zero-order valence-electron chi connectivity index (χ0n) is 11.7. The highest BCUT2D eigenvalue weighted by Gasteiger charge is 2.44. The van der Waals surface area contributed by atoms with Gasteiger partial charge in [0.05, 0.1) is 6.61 Å². The second-order valence-electron chi connectivity index (χ2n) is 5.16. The average molecular weight is 316 g/mol. The maximum Gasteiger partial charge on any atom is 0.189 e. The molecule has 6 atom stereocenters. The smallest absolute Gasteiger partial charge is 0.189 e. The molecule has 1 unspecified atom stereocenters. The molecule has 2 rings (SSSR count). The van der Waals surface area contributed by atoms with Crippen LogP contribution < -0.4 is 0 Å². The van der Waals surface area contributed by atoms with Crippen LogP contribution in [0.1, 0.15) is 5.56 Å². The molecule has 1 fully saturated rings. The molecule has 8 nitrogen and oxygen atoms in total. The molecule has 6 N–H and O–H groups in total. The van der Waals surface area contributed by atoms with Gasteiger partial charge in [-0.1, -0.05) is 12.1 Å². The van der Waals surface area contributed by atoms with Gasteiger partial charge in [0.25, 0.3) is 0 Å². The molecule has 1 aliphatic heterocycles. The van der Waals surface area contributed by atoms with Crippen LogP contribution in [-0.2, 0) is 15.9 Å². The Morgan fingerprint density at radius 3 is 2.27 bits per heavy atom. The molecule has 0 aliphatic carbocycles. The minimum Gasteiger partial charge on any atom is -0.508 e. The van der Waals surface area contributed by atoms with Crippen molar-refractivity contribution >= 4 is 0 Å². The summed E-state index contributed by atoms with van der Waals surface area (Å²) in [5.74, 6) is 0.0908. The van der Waals surface area contributed by atoms with Crippen LogP contribution in [0.2, 0.25) is 0 Å². The van der Waals surface area contributed by atoms with E-state index in [1.807, 2.05) is 0 Å². The number of phenols is 1. The summed E-state index contributed by atoms with van der Waals surface area (Å²) in [4.78, 5) is 0. The van der Waals surface area contributed by atoms with Crippen LogP contribution in [-0.4, -0.2) is 74.2 Å². The first kappa shape index (κ1) is 17.1. The molecule has 8 heteroatoms. The monoisotopic (exact) mass is 316 g/mol. The van der Waals surface area contributed by atoms with Crippen LogP contribution in [0.25, 0.3) is 0 Å². The molecule has 1 heterocycles. The lowest BCUT2D eigenvalue weighted by molar-refractivity contribution is -0.331. The lowest BCUT2D eigenvalue weighted by Gasteiger charge is -2.40. The lowest BCUT2D eigenvalue weighted by Crippen LogP contribution is -2.59. The van der Waals surface area contributed by atoms with Gasteiger partial charge >= 0.3 is 0 Å². The molecular weight excluding hydrogens is 296 g/mol. The lowest BCUT2D eigenvalue weighted by atomic mass is 9.99. The SMILES string of the molecule is OC[C@H]1O[C@@H](OC(O)Cc2ccc(O)cc2)[C@H](O)[C@@H](O)[C@@H]1O. The Hall–Kier alpha value is -1.26. The number of phenolic OH excluding ortho intramolecular Hbond substituents is 1. The van der Waals surface area contributed by atoms with E-state index in [4.69, 9.17) is 14.6 Å². The van der Waals surface area contributed by atoms with Gasteiger partial charge in [0.1, 0.15) is 30.2 Å². The van der Waals surface area contributed by atoms with Gasteiger partial charge < -0.3 is 40.1 Å². The molecule has 1 aromatic rings. The molecule has 1 aromatic carbocycles. The molecule has 0 aromatic heterocycles. The number of rotatable bonds is 5. The Balaban J connectivity index is 1.94. The van der Waals surface area contributed by atoms with Crippen molar-refractivity contribution in [3.63, 3.8) is 0 Å². The van der Waals surface area contributed by atoms with Crippen LogP contribution >= 0.6 is 0 Å².